The number of hydrogen-bond donors (Lipinski definition) is 4. The van der Waals surface area contributed by atoms with E-state index in [1.165, 1.54) is 18.3 Å². The zero-order valence-electron chi connectivity index (χ0n) is 19.3. The van der Waals surface area contributed by atoms with Gasteiger partial charge in [0.25, 0.3) is 10.0 Å². The molecule has 1 aliphatic rings. The van der Waals surface area contributed by atoms with E-state index >= 15 is 4.39 Å². The van der Waals surface area contributed by atoms with E-state index in [4.69, 9.17) is 11.6 Å². The summed E-state index contributed by atoms with van der Waals surface area (Å²) in [7, 11) is -0.871. The molecule has 5 rings (SSSR count). The molecule has 1 saturated carbocycles. The van der Waals surface area contributed by atoms with Gasteiger partial charge in [0.2, 0.25) is 5.95 Å². The molecule has 4 N–H and O–H groups in total. The summed E-state index contributed by atoms with van der Waals surface area (Å²) < 4.78 is 44.6. The molecule has 0 atom stereocenters. The number of anilines is 4. The molecule has 0 aliphatic heterocycles. The predicted molar refractivity (Wildman–Crippen MR) is 139 cm³/mol. The van der Waals surface area contributed by atoms with Crippen LogP contribution in [0.25, 0.3) is 22.2 Å². The molecule has 10 nitrogen and oxygen atoms in total. The molecular formula is C23H22ClFN8O2S. The number of rotatable bonds is 8. The number of hydrogen-bond acceptors (Lipinski definition) is 9. The summed E-state index contributed by atoms with van der Waals surface area (Å²) >= 11 is 6.03. The number of halogens is 2. The first-order valence-corrected chi connectivity index (χ1v) is 12.9. The van der Waals surface area contributed by atoms with Crippen LogP contribution in [0.4, 0.5) is 27.7 Å². The summed E-state index contributed by atoms with van der Waals surface area (Å²) in [5.74, 6) is 0.178. The summed E-state index contributed by atoms with van der Waals surface area (Å²) in [4.78, 5) is 17.0. The molecule has 4 aromatic rings. The van der Waals surface area contributed by atoms with Gasteiger partial charge >= 0.3 is 0 Å². The molecule has 36 heavy (non-hydrogen) atoms. The Hall–Kier alpha value is -3.77. The van der Waals surface area contributed by atoms with Crippen molar-refractivity contribution >= 4 is 55.9 Å². The predicted octanol–water partition coefficient (Wildman–Crippen LogP) is 4.34. The van der Waals surface area contributed by atoms with Crippen LogP contribution in [0.1, 0.15) is 12.8 Å². The average molecular weight is 529 g/mol. The van der Waals surface area contributed by atoms with Gasteiger partial charge in [0.15, 0.2) is 11.5 Å². The van der Waals surface area contributed by atoms with Crippen LogP contribution in [-0.2, 0) is 10.0 Å². The van der Waals surface area contributed by atoms with E-state index in [-0.39, 0.29) is 33.0 Å². The van der Waals surface area contributed by atoms with Gasteiger partial charge in [-0.05, 0) is 31.0 Å². The number of nitrogens with zero attached hydrogens (tertiary/aromatic N) is 4. The maximum Gasteiger partial charge on any atom is 0.265 e. The lowest BCUT2D eigenvalue weighted by Gasteiger charge is -2.16. The summed E-state index contributed by atoms with van der Waals surface area (Å²) in [6.07, 6.45) is 4.78. The van der Waals surface area contributed by atoms with E-state index < -0.39 is 15.8 Å². The monoisotopic (exact) mass is 528 g/mol. The van der Waals surface area contributed by atoms with E-state index in [9.17, 15) is 8.42 Å². The maximum absolute atomic E-state index is 15.8. The molecule has 0 bridgehead atoms. The third-order valence-corrected chi connectivity index (χ3v) is 7.17. The first kappa shape index (κ1) is 23.9. The molecule has 0 radical (unpaired) electrons. The minimum absolute atomic E-state index is 0.146. The normalized spacial score (nSPS) is 13.4. The van der Waals surface area contributed by atoms with Crippen LogP contribution in [0.15, 0.2) is 47.6 Å². The lowest BCUT2D eigenvalue weighted by atomic mass is 10.0. The highest BCUT2D eigenvalue weighted by atomic mass is 35.5. The van der Waals surface area contributed by atoms with E-state index in [0.29, 0.717) is 28.4 Å². The van der Waals surface area contributed by atoms with Crippen molar-refractivity contribution in [2.45, 2.75) is 23.8 Å². The molecule has 1 fully saturated rings. The Morgan fingerprint density at radius 1 is 1.00 bits per heavy atom. The van der Waals surface area contributed by atoms with Crippen molar-refractivity contribution in [3.63, 3.8) is 0 Å². The van der Waals surface area contributed by atoms with Gasteiger partial charge in [-0.2, -0.15) is 4.98 Å². The molecule has 3 aromatic heterocycles. The van der Waals surface area contributed by atoms with Gasteiger partial charge < -0.3 is 16.0 Å². The molecule has 0 amide bonds. The third-order valence-electron chi connectivity index (χ3n) is 5.59. The van der Waals surface area contributed by atoms with Crippen molar-refractivity contribution in [1.29, 1.82) is 0 Å². The highest BCUT2D eigenvalue weighted by Gasteiger charge is 2.28. The zero-order chi connectivity index (χ0) is 25.4. The molecule has 186 valence electrons. The van der Waals surface area contributed by atoms with E-state index in [1.807, 2.05) is 0 Å². The van der Waals surface area contributed by atoms with E-state index in [0.717, 1.165) is 12.8 Å². The number of pyridine rings is 2. The molecule has 13 heteroatoms. The van der Waals surface area contributed by atoms with Crippen LogP contribution < -0.4 is 20.7 Å². The van der Waals surface area contributed by atoms with Crippen molar-refractivity contribution in [1.82, 2.24) is 19.9 Å². The Bertz CT molecular complexity index is 1580. The fourth-order valence-corrected chi connectivity index (χ4v) is 5.08. The summed E-state index contributed by atoms with van der Waals surface area (Å²) in [5, 5.41) is 9.63. The molecule has 0 saturated heterocycles. The molecule has 1 aromatic carbocycles. The second kappa shape index (κ2) is 9.36. The van der Waals surface area contributed by atoms with E-state index in [1.54, 1.807) is 38.5 Å². The fourth-order valence-electron chi connectivity index (χ4n) is 3.65. The van der Waals surface area contributed by atoms with Crippen LogP contribution in [0.2, 0.25) is 5.02 Å². The van der Waals surface area contributed by atoms with Crippen LogP contribution >= 0.6 is 11.6 Å². The minimum atomic E-state index is -4.22. The maximum atomic E-state index is 15.8. The lowest BCUT2D eigenvalue weighted by molar-refractivity contribution is 0.598. The van der Waals surface area contributed by atoms with Crippen molar-refractivity contribution < 1.29 is 12.8 Å². The second-order valence-electron chi connectivity index (χ2n) is 8.18. The average Bonchev–Trinajstić information content (AvgIpc) is 3.69. The summed E-state index contributed by atoms with van der Waals surface area (Å²) in [5.41, 5.74) is 0.759. The Morgan fingerprint density at radius 2 is 1.81 bits per heavy atom. The number of fused-ring (bicyclic) bond motifs is 1. The van der Waals surface area contributed by atoms with Gasteiger partial charge in [0, 0.05) is 49.0 Å². The Kier molecular flexibility index (Phi) is 6.22. The number of nitrogens with one attached hydrogen (secondary N) is 4. The molecule has 1 aliphatic carbocycles. The van der Waals surface area contributed by atoms with Gasteiger partial charge in [-0.1, -0.05) is 23.7 Å². The SMILES string of the molecule is CNc1ncc2cc(-c3cccc(NS(=O)(=O)c4cc(Cl)cnc4NC4CC4)c3F)c(NC)nc2n1. The van der Waals surface area contributed by atoms with Crippen molar-refractivity contribution in [3.8, 4) is 11.1 Å². The Labute approximate surface area is 211 Å². The summed E-state index contributed by atoms with van der Waals surface area (Å²) in [6, 6.07) is 7.58. The fraction of sp³-hybridized carbons (Fsp3) is 0.217. The Morgan fingerprint density at radius 3 is 2.53 bits per heavy atom. The topological polar surface area (TPSA) is 134 Å². The molecule has 0 spiro atoms. The van der Waals surface area contributed by atoms with Crippen LogP contribution in [0.3, 0.4) is 0 Å². The van der Waals surface area contributed by atoms with Gasteiger partial charge in [-0.3, -0.25) is 4.72 Å². The molecular weight excluding hydrogens is 507 g/mol. The van der Waals surface area contributed by atoms with Gasteiger partial charge in [0.05, 0.1) is 10.7 Å². The number of sulfonamides is 1. The molecule has 3 heterocycles. The van der Waals surface area contributed by atoms with E-state index in [2.05, 4.69) is 40.6 Å². The summed E-state index contributed by atoms with van der Waals surface area (Å²) in [6.45, 7) is 0. The standard InChI is InChI=1S/C23H22ClFN8O2S/c1-26-21-16(8-12-10-29-23(27-2)32-20(12)31-21)15-4-3-5-17(19(15)25)33-36(34,35)18-9-13(24)11-28-22(18)30-14-6-7-14/h3-5,8-11,14,33H,6-7H2,1-2H3,(H,28,30)(H2,26,27,29,31,32). The Balaban J connectivity index is 1.55. The third kappa shape index (κ3) is 4.69. The zero-order valence-corrected chi connectivity index (χ0v) is 20.9. The smallest absolute Gasteiger partial charge is 0.265 e. The first-order valence-electron chi connectivity index (χ1n) is 11.1. The first-order chi connectivity index (χ1) is 17.3. The van der Waals surface area contributed by atoms with Crippen molar-refractivity contribution in [2.24, 2.45) is 0 Å². The van der Waals surface area contributed by atoms with Crippen LogP contribution in [0.5, 0.6) is 0 Å². The van der Waals surface area contributed by atoms with Crippen LogP contribution in [0, 0.1) is 5.82 Å². The highest BCUT2D eigenvalue weighted by molar-refractivity contribution is 7.92. The highest BCUT2D eigenvalue weighted by Crippen LogP contribution is 2.35. The quantitative estimate of drug-likeness (QED) is 0.263. The molecule has 0 unspecified atom stereocenters. The van der Waals surface area contributed by atoms with Crippen LogP contribution in [-0.4, -0.2) is 48.5 Å². The van der Waals surface area contributed by atoms with Crippen molar-refractivity contribution in [3.05, 3.63) is 53.6 Å². The minimum Gasteiger partial charge on any atom is -0.373 e. The number of benzene rings is 1. The van der Waals surface area contributed by atoms with Gasteiger partial charge in [-0.25, -0.2) is 27.8 Å². The lowest BCUT2D eigenvalue weighted by Crippen LogP contribution is -2.18. The van der Waals surface area contributed by atoms with Gasteiger partial charge in [0.1, 0.15) is 16.5 Å². The largest absolute Gasteiger partial charge is 0.373 e. The second-order valence-corrected chi connectivity index (χ2v) is 10.3. The number of aromatic nitrogens is 4. The van der Waals surface area contributed by atoms with Gasteiger partial charge in [-0.15, -0.1) is 0 Å². The van der Waals surface area contributed by atoms with Crippen molar-refractivity contribution in [2.75, 3.05) is 34.8 Å².